The number of carboxylic acids is 1. The average molecular weight is 391 g/mol. The summed E-state index contributed by atoms with van der Waals surface area (Å²) < 4.78 is 0. The van der Waals surface area contributed by atoms with Gasteiger partial charge in [-0.1, -0.05) is 6.42 Å². The Kier molecular flexibility index (Phi) is 11.9. The lowest BCUT2D eigenvalue weighted by atomic mass is 10.1. The van der Waals surface area contributed by atoms with E-state index in [0.717, 1.165) is 0 Å². The minimum atomic E-state index is -1.45. The highest BCUT2D eigenvalue weighted by molar-refractivity contribution is 5.94. The van der Waals surface area contributed by atoms with Crippen LogP contribution in [0.15, 0.2) is 0 Å². The molecule has 0 radical (unpaired) electrons. The van der Waals surface area contributed by atoms with Crippen LogP contribution in [-0.2, 0) is 19.2 Å². The van der Waals surface area contributed by atoms with Gasteiger partial charge in [-0.05, 0) is 26.3 Å². The van der Waals surface area contributed by atoms with E-state index in [4.69, 9.17) is 16.6 Å². The van der Waals surface area contributed by atoms with Crippen molar-refractivity contribution >= 4 is 23.7 Å². The topological polar surface area (TPSA) is 217 Å². The number of unbranched alkanes of at least 4 members (excludes halogenated alkanes) is 1. The summed E-state index contributed by atoms with van der Waals surface area (Å²) in [5, 5.41) is 33.9. The normalized spacial score (nSPS) is 15.1. The van der Waals surface area contributed by atoms with Crippen LogP contribution in [-0.4, -0.2) is 82.9 Å². The number of amides is 3. The van der Waals surface area contributed by atoms with Gasteiger partial charge in [0.15, 0.2) is 0 Å². The van der Waals surface area contributed by atoms with Crippen molar-refractivity contribution in [1.29, 1.82) is 0 Å². The van der Waals surface area contributed by atoms with E-state index in [1.807, 2.05) is 5.32 Å². The van der Waals surface area contributed by atoms with Crippen LogP contribution >= 0.6 is 0 Å². The van der Waals surface area contributed by atoms with Gasteiger partial charge in [0.25, 0.3) is 0 Å². The predicted molar refractivity (Wildman–Crippen MR) is 94.2 cm³/mol. The molecule has 0 fully saturated rings. The molecule has 0 aliphatic carbocycles. The number of hydrogen-bond donors (Lipinski definition) is 8. The number of nitrogens with two attached hydrogens (primary N) is 2. The number of nitrogens with one attached hydrogen (secondary N) is 3. The molecule has 3 amide bonds. The maximum atomic E-state index is 12.3. The molecule has 0 spiro atoms. The highest BCUT2D eigenvalue weighted by Gasteiger charge is 2.30. The maximum Gasteiger partial charge on any atom is 0.322 e. The monoisotopic (exact) mass is 391 g/mol. The Morgan fingerprint density at radius 2 is 1.67 bits per heavy atom. The lowest BCUT2D eigenvalue weighted by Gasteiger charge is -2.25. The highest BCUT2D eigenvalue weighted by Crippen LogP contribution is 2.01. The second-order valence-electron chi connectivity index (χ2n) is 5.97. The third-order valence-corrected chi connectivity index (χ3v) is 3.60. The molecule has 156 valence electrons. The molecule has 10 N–H and O–H groups in total. The van der Waals surface area contributed by atoms with Crippen LogP contribution in [0.2, 0.25) is 0 Å². The van der Waals surface area contributed by atoms with E-state index in [2.05, 4.69) is 10.6 Å². The lowest BCUT2D eigenvalue weighted by molar-refractivity contribution is -0.139. The summed E-state index contributed by atoms with van der Waals surface area (Å²) >= 11 is 0. The summed E-state index contributed by atoms with van der Waals surface area (Å²) in [5.41, 5.74) is 11.1. The summed E-state index contributed by atoms with van der Waals surface area (Å²) in [5.74, 6) is -3.83. The Bertz CT molecular complexity index is 515. The molecule has 0 bridgehead atoms. The molecule has 27 heavy (non-hydrogen) atoms. The first-order valence-corrected chi connectivity index (χ1v) is 8.48. The first kappa shape index (κ1) is 24.7. The quantitative estimate of drug-likeness (QED) is 0.143. The Hall–Kier alpha value is -2.28. The molecule has 0 heterocycles. The van der Waals surface area contributed by atoms with Crippen molar-refractivity contribution in [3.8, 4) is 0 Å². The highest BCUT2D eigenvalue weighted by atomic mass is 16.4. The van der Waals surface area contributed by atoms with Crippen molar-refractivity contribution in [2.45, 2.75) is 50.4 Å². The zero-order chi connectivity index (χ0) is 21.0. The zero-order valence-corrected chi connectivity index (χ0v) is 15.2. The Labute approximate surface area is 156 Å². The summed E-state index contributed by atoms with van der Waals surface area (Å²) in [4.78, 5) is 46.5. The largest absolute Gasteiger partial charge is 0.480 e. The maximum absolute atomic E-state index is 12.3. The number of aliphatic hydroxyl groups is 2. The number of rotatable bonds is 13. The fraction of sp³-hybridized carbons (Fsp3) is 0.733. The molecule has 0 aromatic rings. The molecule has 12 heteroatoms. The summed E-state index contributed by atoms with van der Waals surface area (Å²) in [7, 11) is 0. The second-order valence-corrected chi connectivity index (χ2v) is 5.97. The van der Waals surface area contributed by atoms with Gasteiger partial charge in [0.2, 0.25) is 17.7 Å². The minimum Gasteiger partial charge on any atom is -0.480 e. The fourth-order valence-corrected chi connectivity index (χ4v) is 2.05. The van der Waals surface area contributed by atoms with E-state index in [9.17, 15) is 29.4 Å². The van der Waals surface area contributed by atoms with Crippen molar-refractivity contribution < 1.29 is 34.5 Å². The van der Waals surface area contributed by atoms with Crippen LogP contribution in [0.4, 0.5) is 0 Å². The van der Waals surface area contributed by atoms with Gasteiger partial charge in [0.1, 0.15) is 18.6 Å². The summed E-state index contributed by atoms with van der Waals surface area (Å²) in [6.45, 7) is 0.207. The second kappa shape index (κ2) is 13.0. The SMILES string of the molecule is CC(O)C(NC(=O)C(N)CCCCN)C(=O)NC(CO)C(=O)NCC(=O)O. The van der Waals surface area contributed by atoms with Crippen LogP contribution in [0.25, 0.3) is 0 Å². The molecule has 0 saturated heterocycles. The zero-order valence-electron chi connectivity index (χ0n) is 15.2. The van der Waals surface area contributed by atoms with Crippen molar-refractivity contribution in [3.05, 3.63) is 0 Å². The van der Waals surface area contributed by atoms with E-state index < -0.39 is 61.1 Å². The number of aliphatic carboxylic acids is 1. The smallest absolute Gasteiger partial charge is 0.322 e. The van der Waals surface area contributed by atoms with Gasteiger partial charge in [-0.2, -0.15) is 0 Å². The van der Waals surface area contributed by atoms with Gasteiger partial charge in [-0.25, -0.2) is 0 Å². The first-order chi connectivity index (χ1) is 12.6. The van der Waals surface area contributed by atoms with Crippen LogP contribution < -0.4 is 27.4 Å². The summed E-state index contributed by atoms with van der Waals surface area (Å²) in [6, 6.07) is -3.77. The van der Waals surface area contributed by atoms with Crippen molar-refractivity contribution in [1.82, 2.24) is 16.0 Å². The van der Waals surface area contributed by atoms with Gasteiger partial charge < -0.3 is 42.7 Å². The number of carbonyl (C=O) groups excluding carboxylic acids is 3. The van der Waals surface area contributed by atoms with E-state index >= 15 is 0 Å². The van der Waals surface area contributed by atoms with Crippen LogP contribution in [0.3, 0.4) is 0 Å². The van der Waals surface area contributed by atoms with E-state index in [1.165, 1.54) is 6.92 Å². The number of carboxylic acid groups (broad SMARTS) is 1. The number of carbonyl (C=O) groups is 4. The molecule has 0 aromatic heterocycles. The predicted octanol–water partition coefficient (Wildman–Crippen LogP) is -4.01. The van der Waals surface area contributed by atoms with Gasteiger partial charge in [-0.3, -0.25) is 19.2 Å². The molecule has 12 nitrogen and oxygen atoms in total. The van der Waals surface area contributed by atoms with Crippen molar-refractivity contribution in [2.24, 2.45) is 11.5 Å². The van der Waals surface area contributed by atoms with Crippen LogP contribution in [0.5, 0.6) is 0 Å². The molecule has 0 aliphatic rings. The van der Waals surface area contributed by atoms with Gasteiger partial charge in [-0.15, -0.1) is 0 Å². The lowest BCUT2D eigenvalue weighted by Crippen LogP contribution is -2.59. The van der Waals surface area contributed by atoms with Gasteiger partial charge >= 0.3 is 5.97 Å². The third kappa shape index (κ3) is 9.84. The van der Waals surface area contributed by atoms with Gasteiger partial charge in [0, 0.05) is 0 Å². The summed E-state index contributed by atoms with van der Waals surface area (Å²) in [6.07, 6.45) is 0.331. The average Bonchev–Trinajstić information content (AvgIpc) is 2.61. The Morgan fingerprint density at radius 3 is 2.15 bits per heavy atom. The Morgan fingerprint density at radius 1 is 1.04 bits per heavy atom. The van der Waals surface area contributed by atoms with Crippen molar-refractivity contribution in [3.63, 3.8) is 0 Å². The number of aliphatic hydroxyl groups excluding tert-OH is 2. The standard InChI is InChI=1S/C15H29N5O7/c1-8(22)12(20-13(25)9(17)4-2-3-5-16)15(27)19-10(7-21)14(26)18-6-11(23)24/h8-10,12,21-22H,2-7,16-17H2,1H3,(H,18,26)(H,19,27)(H,20,25)(H,23,24). The molecule has 4 atom stereocenters. The van der Waals surface area contributed by atoms with E-state index in [-0.39, 0.29) is 0 Å². The van der Waals surface area contributed by atoms with E-state index in [0.29, 0.717) is 25.8 Å². The molecule has 4 unspecified atom stereocenters. The van der Waals surface area contributed by atoms with E-state index in [1.54, 1.807) is 0 Å². The molecular weight excluding hydrogens is 362 g/mol. The minimum absolute atomic E-state index is 0.341. The fourth-order valence-electron chi connectivity index (χ4n) is 2.05. The molecule has 0 aromatic carbocycles. The van der Waals surface area contributed by atoms with Gasteiger partial charge in [0.05, 0.1) is 18.8 Å². The first-order valence-electron chi connectivity index (χ1n) is 8.48. The number of hydrogen-bond acceptors (Lipinski definition) is 8. The van der Waals surface area contributed by atoms with Crippen LogP contribution in [0, 0.1) is 0 Å². The molecule has 0 rings (SSSR count). The van der Waals surface area contributed by atoms with Crippen molar-refractivity contribution in [2.75, 3.05) is 19.7 Å². The molecule has 0 saturated carbocycles. The van der Waals surface area contributed by atoms with Crippen LogP contribution in [0.1, 0.15) is 26.2 Å². The molecular formula is C15H29N5O7. The Balaban J connectivity index is 4.83. The molecule has 0 aliphatic heterocycles. The third-order valence-electron chi connectivity index (χ3n) is 3.60.